The number of fused-ring (bicyclic) bond motifs is 1. The summed E-state index contributed by atoms with van der Waals surface area (Å²) in [5.74, 6) is 0.832. The number of benzene rings is 2. The Hall–Kier alpha value is -2.60. The molecule has 0 aliphatic rings. The van der Waals surface area contributed by atoms with E-state index in [2.05, 4.69) is 71.9 Å². The first-order chi connectivity index (χ1) is 10.2. The number of nitriles is 1. The van der Waals surface area contributed by atoms with Crippen LogP contribution in [0.3, 0.4) is 0 Å². The van der Waals surface area contributed by atoms with Gasteiger partial charge in [-0.1, -0.05) is 35.9 Å². The third-order valence-corrected chi connectivity index (χ3v) is 3.68. The number of aryl methyl sites for hydroxylation is 2. The first-order valence-electron chi connectivity index (χ1n) is 7.05. The van der Waals surface area contributed by atoms with Crippen molar-refractivity contribution < 1.29 is 0 Å². The largest absolute Gasteiger partial charge is 0.323 e. The van der Waals surface area contributed by atoms with Crippen molar-refractivity contribution in [2.75, 3.05) is 0 Å². The molecule has 0 aliphatic heterocycles. The lowest BCUT2D eigenvalue weighted by atomic mass is 10.1. The summed E-state index contributed by atoms with van der Waals surface area (Å²) >= 11 is 0. The summed E-state index contributed by atoms with van der Waals surface area (Å²) in [6.45, 7) is 4.89. The second-order valence-electron chi connectivity index (χ2n) is 5.43. The Morgan fingerprint density at radius 3 is 2.48 bits per heavy atom. The monoisotopic (exact) mass is 275 g/mol. The maximum atomic E-state index is 9.02. The molecular weight excluding hydrogens is 258 g/mol. The number of hydrogen-bond donors (Lipinski definition) is 0. The van der Waals surface area contributed by atoms with Crippen LogP contribution >= 0.6 is 0 Å². The van der Waals surface area contributed by atoms with Gasteiger partial charge in [0.15, 0.2) is 0 Å². The minimum atomic E-state index is 0.333. The highest BCUT2D eigenvalue weighted by molar-refractivity contribution is 5.77. The molecule has 3 aromatic rings. The number of imidazole rings is 1. The molecule has 0 fully saturated rings. The summed E-state index contributed by atoms with van der Waals surface area (Å²) < 4.78 is 2.14. The molecule has 104 valence electrons. The lowest BCUT2D eigenvalue weighted by molar-refractivity contribution is 0.769. The molecular formula is C18H17N3. The highest BCUT2D eigenvalue weighted by atomic mass is 15.1. The van der Waals surface area contributed by atoms with Gasteiger partial charge >= 0.3 is 0 Å². The molecule has 2 aromatic carbocycles. The number of rotatable bonds is 3. The second-order valence-corrected chi connectivity index (χ2v) is 5.43. The molecule has 3 heteroatoms. The maximum absolute atomic E-state index is 9.02. The Labute approximate surface area is 124 Å². The molecule has 0 aliphatic carbocycles. The number of aromatic nitrogens is 2. The van der Waals surface area contributed by atoms with Gasteiger partial charge in [-0.25, -0.2) is 4.98 Å². The Balaban J connectivity index is 2.08. The lowest BCUT2D eigenvalue weighted by Crippen LogP contribution is -2.04. The average Bonchev–Trinajstić information content (AvgIpc) is 2.79. The van der Waals surface area contributed by atoms with Gasteiger partial charge in [0, 0.05) is 6.54 Å². The van der Waals surface area contributed by atoms with Crippen molar-refractivity contribution in [3.05, 3.63) is 65.0 Å². The van der Waals surface area contributed by atoms with Gasteiger partial charge in [-0.2, -0.15) is 5.26 Å². The second kappa shape index (κ2) is 5.41. The Bertz CT molecular complexity index is 820. The van der Waals surface area contributed by atoms with Crippen LogP contribution in [0.4, 0.5) is 0 Å². The van der Waals surface area contributed by atoms with Gasteiger partial charge in [0.05, 0.1) is 23.5 Å². The average molecular weight is 275 g/mol. The molecule has 0 amide bonds. The van der Waals surface area contributed by atoms with Gasteiger partial charge < -0.3 is 4.57 Å². The van der Waals surface area contributed by atoms with Gasteiger partial charge in [-0.15, -0.1) is 0 Å². The van der Waals surface area contributed by atoms with Gasteiger partial charge in [0.2, 0.25) is 0 Å². The summed E-state index contributed by atoms with van der Waals surface area (Å²) in [5, 5.41) is 9.02. The van der Waals surface area contributed by atoms with Gasteiger partial charge in [0.25, 0.3) is 0 Å². The predicted octanol–water partition coefficient (Wildman–Crippen LogP) is 3.77. The summed E-state index contributed by atoms with van der Waals surface area (Å²) in [4.78, 5) is 4.62. The molecule has 1 aromatic heterocycles. The van der Waals surface area contributed by atoms with Crippen molar-refractivity contribution >= 4 is 11.0 Å². The molecule has 0 radical (unpaired) electrons. The normalized spacial score (nSPS) is 10.7. The van der Waals surface area contributed by atoms with Crippen LogP contribution in [-0.4, -0.2) is 9.55 Å². The van der Waals surface area contributed by atoms with Crippen LogP contribution in [0.1, 0.15) is 22.5 Å². The molecule has 0 atom stereocenters. The minimum absolute atomic E-state index is 0.333. The zero-order chi connectivity index (χ0) is 14.8. The number of hydrogen-bond acceptors (Lipinski definition) is 2. The van der Waals surface area contributed by atoms with Crippen molar-refractivity contribution in [1.29, 1.82) is 5.26 Å². The van der Waals surface area contributed by atoms with Gasteiger partial charge in [-0.05, 0) is 37.1 Å². The molecule has 3 rings (SSSR count). The van der Waals surface area contributed by atoms with Crippen molar-refractivity contribution in [1.82, 2.24) is 9.55 Å². The van der Waals surface area contributed by atoms with Gasteiger partial charge in [-0.3, -0.25) is 0 Å². The lowest BCUT2D eigenvalue weighted by Gasteiger charge is -2.08. The highest BCUT2D eigenvalue weighted by Gasteiger charge is 2.11. The first-order valence-corrected chi connectivity index (χ1v) is 7.05. The molecule has 0 saturated heterocycles. The van der Waals surface area contributed by atoms with E-state index in [0.717, 1.165) is 23.4 Å². The molecule has 0 bridgehead atoms. The van der Waals surface area contributed by atoms with Crippen LogP contribution in [0.5, 0.6) is 0 Å². The minimum Gasteiger partial charge on any atom is -0.323 e. The SMILES string of the molecule is Cc1ccc(Cn2c(CC#N)nc3cc(C)ccc32)cc1. The van der Waals surface area contributed by atoms with E-state index >= 15 is 0 Å². The Morgan fingerprint density at radius 1 is 1.05 bits per heavy atom. The quantitative estimate of drug-likeness (QED) is 0.730. The predicted molar refractivity (Wildman–Crippen MR) is 84.1 cm³/mol. The van der Waals surface area contributed by atoms with Crippen molar-refractivity contribution in [3.8, 4) is 6.07 Å². The van der Waals surface area contributed by atoms with E-state index in [1.807, 2.05) is 0 Å². The van der Waals surface area contributed by atoms with Crippen molar-refractivity contribution in [2.24, 2.45) is 0 Å². The van der Waals surface area contributed by atoms with Crippen LogP contribution in [0.2, 0.25) is 0 Å². The summed E-state index contributed by atoms with van der Waals surface area (Å²) in [6.07, 6.45) is 0.333. The van der Waals surface area contributed by atoms with E-state index < -0.39 is 0 Å². The van der Waals surface area contributed by atoms with Crippen LogP contribution in [0.15, 0.2) is 42.5 Å². The van der Waals surface area contributed by atoms with Crippen LogP contribution in [0.25, 0.3) is 11.0 Å². The first kappa shape index (κ1) is 13.4. The van der Waals surface area contributed by atoms with E-state index in [-0.39, 0.29) is 0 Å². The fourth-order valence-electron chi connectivity index (χ4n) is 2.55. The molecule has 0 unspecified atom stereocenters. The Kier molecular flexibility index (Phi) is 3.45. The summed E-state index contributed by atoms with van der Waals surface area (Å²) in [7, 11) is 0. The molecule has 1 heterocycles. The van der Waals surface area contributed by atoms with Crippen LogP contribution in [-0.2, 0) is 13.0 Å². The topological polar surface area (TPSA) is 41.6 Å². The molecule has 3 nitrogen and oxygen atoms in total. The molecule has 0 saturated carbocycles. The van der Waals surface area contributed by atoms with E-state index in [9.17, 15) is 0 Å². The molecule has 0 N–H and O–H groups in total. The summed E-state index contributed by atoms with van der Waals surface area (Å²) in [5.41, 5.74) is 5.71. The Morgan fingerprint density at radius 2 is 1.76 bits per heavy atom. The van der Waals surface area contributed by atoms with E-state index in [1.165, 1.54) is 16.7 Å². The van der Waals surface area contributed by atoms with E-state index in [1.54, 1.807) is 0 Å². The zero-order valence-electron chi connectivity index (χ0n) is 12.3. The smallest absolute Gasteiger partial charge is 0.124 e. The van der Waals surface area contributed by atoms with Crippen LogP contribution in [0, 0.1) is 25.2 Å². The highest BCUT2D eigenvalue weighted by Crippen LogP contribution is 2.20. The zero-order valence-corrected chi connectivity index (χ0v) is 12.3. The third kappa shape index (κ3) is 2.66. The maximum Gasteiger partial charge on any atom is 0.124 e. The standard InChI is InChI=1S/C18H17N3/c1-13-3-6-15(7-4-13)12-21-17-8-5-14(2)11-16(17)20-18(21)9-10-19/h3-8,11H,9,12H2,1-2H3. The van der Waals surface area contributed by atoms with Gasteiger partial charge in [0.1, 0.15) is 5.82 Å². The van der Waals surface area contributed by atoms with E-state index in [4.69, 9.17) is 5.26 Å². The third-order valence-electron chi connectivity index (χ3n) is 3.68. The fraction of sp³-hybridized carbons (Fsp3) is 0.222. The summed E-state index contributed by atoms with van der Waals surface area (Å²) in [6, 6.07) is 17.0. The van der Waals surface area contributed by atoms with Crippen molar-refractivity contribution in [3.63, 3.8) is 0 Å². The fourth-order valence-corrected chi connectivity index (χ4v) is 2.55. The number of nitrogens with zero attached hydrogens (tertiary/aromatic N) is 3. The molecule has 0 spiro atoms. The van der Waals surface area contributed by atoms with Crippen molar-refractivity contribution in [2.45, 2.75) is 26.8 Å². The molecule has 21 heavy (non-hydrogen) atoms. The van der Waals surface area contributed by atoms with E-state index in [0.29, 0.717) is 6.42 Å². The van der Waals surface area contributed by atoms with Crippen LogP contribution < -0.4 is 0 Å².